The lowest BCUT2D eigenvalue weighted by Gasteiger charge is -2.32. The Morgan fingerprint density at radius 2 is 0.815 bits per heavy atom. The third kappa shape index (κ3) is 6.63. The molecule has 0 bridgehead atoms. The highest BCUT2D eigenvalue weighted by Crippen LogP contribution is 2.45. The number of rotatable bonds is 8. The van der Waals surface area contributed by atoms with Gasteiger partial charge >= 0.3 is 0 Å². The molecule has 1 heterocycles. The minimum absolute atomic E-state index is 0.599. The van der Waals surface area contributed by atoms with Crippen LogP contribution in [0.25, 0.3) is 33.0 Å². The van der Waals surface area contributed by atoms with Crippen LogP contribution in [0.4, 0.5) is 34.4 Å². The standard InChI is InChI=1S/C50H44N4/c1-33-25-35(3)48(36(4)26-33)54(49-37(5)27-34(2)28-38(49)6)45-23-21-44(22-24-45)53(50-51-31-43(32-52-50)39-15-9-7-10-16-39)47-30-42-20-14-13-19-41(42)29-46(47)40-17-11-8-12-18-40/h7-32H,1-6H3. The lowest BCUT2D eigenvalue weighted by Crippen LogP contribution is -2.17. The minimum atomic E-state index is 0.599. The predicted octanol–water partition coefficient (Wildman–Crippen LogP) is 13.8. The van der Waals surface area contributed by atoms with Crippen LogP contribution in [0, 0.1) is 41.5 Å². The van der Waals surface area contributed by atoms with E-state index < -0.39 is 0 Å². The van der Waals surface area contributed by atoms with Crippen LogP contribution in [0.5, 0.6) is 0 Å². The number of nitrogens with zero attached hydrogens (tertiary/aromatic N) is 4. The number of aromatic nitrogens is 2. The molecular weight excluding hydrogens is 657 g/mol. The smallest absolute Gasteiger partial charge is 0.234 e. The van der Waals surface area contributed by atoms with Gasteiger partial charge < -0.3 is 4.90 Å². The number of fused-ring (bicyclic) bond motifs is 1. The summed E-state index contributed by atoms with van der Waals surface area (Å²) < 4.78 is 0. The molecule has 7 aromatic carbocycles. The molecule has 0 aliphatic rings. The molecule has 0 N–H and O–H groups in total. The van der Waals surface area contributed by atoms with Crippen LogP contribution < -0.4 is 9.80 Å². The van der Waals surface area contributed by atoms with E-state index in [1.54, 1.807) is 0 Å². The van der Waals surface area contributed by atoms with Gasteiger partial charge in [0.15, 0.2) is 0 Å². The second-order valence-corrected chi connectivity index (χ2v) is 14.4. The summed E-state index contributed by atoms with van der Waals surface area (Å²) in [6, 6.07) is 52.0. The van der Waals surface area contributed by atoms with E-state index in [1.165, 1.54) is 50.1 Å². The average Bonchev–Trinajstić information content (AvgIpc) is 3.18. The fourth-order valence-corrected chi connectivity index (χ4v) is 8.01. The van der Waals surface area contributed by atoms with Crippen LogP contribution in [0.2, 0.25) is 0 Å². The van der Waals surface area contributed by atoms with Gasteiger partial charge in [0.1, 0.15) is 0 Å². The van der Waals surface area contributed by atoms with Crippen LogP contribution in [0.15, 0.2) is 158 Å². The first-order valence-corrected chi connectivity index (χ1v) is 18.6. The summed E-state index contributed by atoms with van der Waals surface area (Å²) in [5.74, 6) is 0.599. The van der Waals surface area contributed by atoms with Crippen LogP contribution >= 0.6 is 0 Å². The van der Waals surface area contributed by atoms with E-state index in [2.05, 4.69) is 179 Å². The van der Waals surface area contributed by atoms with E-state index >= 15 is 0 Å². The summed E-state index contributed by atoms with van der Waals surface area (Å²) in [5, 5.41) is 2.33. The topological polar surface area (TPSA) is 32.3 Å². The maximum Gasteiger partial charge on any atom is 0.234 e. The Labute approximate surface area is 319 Å². The molecule has 8 rings (SSSR count). The van der Waals surface area contributed by atoms with Crippen molar-refractivity contribution in [1.82, 2.24) is 9.97 Å². The molecule has 0 aliphatic carbocycles. The van der Waals surface area contributed by atoms with Crippen molar-refractivity contribution in [3.8, 4) is 22.3 Å². The van der Waals surface area contributed by atoms with E-state index in [4.69, 9.17) is 9.97 Å². The zero-order valence-corrected chi connectivity index (χ0v) is 31.8. The molecule has 0 saturated carbocycles. The first-order valence-electron chi connectivity index (χ1n) is 18.6. The molecule has 8 aromatic rings. The molecule has 0 atom stereocenters. The Morgan fingerprint density at radius 1 is 0.389 bits per heavy atom. The van der Waals surface area contributed by atoms with Crippen LogP contribution in [0.1, 0.15) is 33.4 Å². The molecule has 0 radical (unpaired) electrons. The van der Waals surface area contributed by atoms with Gasteiger partial charge in [0.2, 0.25) is 5.95 Å². The van der Waals surface area contributed by atoms with E-state index in [9.17, 15) is 0 Å². The second-order valence-electron chi connectivity index (χ2n) is 14.4. The monoisotopic (exact) mass is 700 g/mol. The van der Waals surface area contributed by atoms with E-state index in [1.807, 2.05) is 30.6 Å². The summed E-state index contributed by atoms with van der Waals surface area (Å²) in [5.41, 5.74) is 17.3. The van der Waals surface area contributed by atoms with Gasteiger partial charge in [-0.2, -0.15) is 0 Å². The van der Waals surface area contributed by atoms with Gasteiger partial charge in [0, 0.05) is 34.9 Å². The Balaban J connectivity index is 1.33. The maximum absolute atomic E-state index is 5.04. The third-order valence-electron chi connectivity index (χ3n) is 10.2. The average molecular weight is 701 g/mol. The second kappa shape index (κ2) is 14.5. The molecule has 0 saturated heterocycles. The quantitative estimate of drug-likeness (QED) is 0.158. The van der Waals surface area contributed by atoms with E-state index in [-0.39, 0.29) is 0 Å². The van der Waals surface area contributed by atoms with Gasteiger partial charge in [-0.1, -0.05) is 120 Å². The highest BCUT2D eigenvalue weighted by atomic mass is 15.3. The molecule has 0 amide bonds. The lowest BCUT2D eigenvalue weighted by molar-refractivity contribution is 1.08. The van der Waals surface area contributed by atoms with E-state index in [0.29, 0.717) is 5.95 Å². The van der Waals surface area contributed by atoms with Crippen LogP contribution in [-0.2, 0) is 0 Å². The van der Waals surface area contributed by atoms with Crippen molar-refractivity contribution in [3.05, 3.63) is 191 Å². The van der Waals surface area contributed by atoms with Crippen molar-refractivity contribution < 1.29 is 0 Å². The Hall–Kier alpha value is -6.52. The van der Waals surface area contributed by atoms with Crippen molar-refractivity contribution in [1.29, 1.82) is 0 Å². The normalized spacial score (nSPS) is 11.1. The van der Waals surface area contributed by atoms with Crippen molar-refractivity contribution in [2.24, 2.45) is 0 Å². The number of anilines is 6. The summed E-state index contributed by atoms with van der Waals surface area (Å²) in [4.78, 5) is 14.7. The fraction of sp³-hybridized carbons (Fsp3) is 0.120. The Bertz CT molecular complexity index is 2490. The Kier molecular flexibility index (Phi) is 9.27. The summed E-state index contributed by atoms with van der Waals surface area (Å²) >= 11 is 0. The first-order chi connectivity index (χ1) is 26.2. The highest BCUT2D eigenvalue weighted by Gasteiger charge is 2.24. The van der Waals surface area contributed by atoms with Crippen LogP contribution in [0.3, 0.4) is 0 Å². The first kappa shape index (κ1) is 34.6. The molecule has 0 spiro atoms. The van der Waals surface area contributed by atoms with Gasteiger partial charge in [0.25, 0.3) is 0 Å². The third-order valence-corrected chi connectivity index (χ3v) is 10.2. The van der Waals surface area contributed by atoms with Crippen molar-refractivity contribution in [2.75, 3.05) is 9.80 Å². The minimum Gasteiger partial charge on any atom is -0.309 e. The van der Waals surface area contributed by atoms with Gasteiger partial charge in [-0.15, -0.1) is 0 Å². The molecule has 1 aromatic heterocycles. The molecule has 4 heteroatoms. The van der Waals surface area contributed by atoms with Crippen molar-refractivity contribution >= 4 is 45.2 Å². The summed E-state index contributed by atoms with van der Waals surface area (Å²) in [6.45, 7) is 13.2. The van der Waals surface area contributed by atoms with Gasteiger partial charge in [0.05, 0.1) is 17.1 Å². The molecular formula is C50H44N4. The number of benzene rings is 7. The largest absolute Gasteiger partial charge is 0.309 e. The van der Waals surface area contributed by atoms with E-state index in [0.717, 1.165) is 44.7 Å². The number of hydrogen-bond acceptors (Lipinski definition) is 4. The SMILES string of the molecule is Cc1cc(C)c(N(c2ccc(N(c3ncc(-c4ccccc4)cn3)c3cc4ccccc4cc3-c3ccccc3)cc2)c2c(C)cc(C)cc2C)c(C)c1. The van der Waals surface area contributed by atoms with Gasteiger partial charge in [-0.3, -0.25) is 4.90 Å². The zero-order valence-electron chi connectivity index (χ0n) is 31.8. The van der Waals surface area contributed by atoms with Gasteiger partial charge in [-0.05, 0) is 122 Å². The highest BCUT2D eigenvalue weighted by molar-refractivity contribution is 5.98. The molecule has 0 fully saturated rings. The zero-order chi connectivity index (χ0) is 37.3. The van der Waals surface area contributed by atoms with Crippen LogP contribution in [-0.4, -0.2) is 9.97 Å². The summed E-state index contributed by atoms with van der Waals surface area (Å²) in [6.07, 6.45) is 3.85. The molecule has 264 valence electrons. The lowest BCUT2D eigenvalue weighted by atomic mass is 9.97. The van der Waals surface area contributed by atoms with Crippen molar-refractivity contribution in [2.45, 2.75) is 41.5 Å². The van der Waals surface area contributed by atoms with Gasteiger partial charge in [-0.25, -0.2) is 9.97 Å². The number of hydrogen-bond donors (Lipinski definition) is 0. The maximum atomic E-state index is 5.04. The Morgan fingerprint density at radius 3 is 1.31 bits per heavy atom. The number of aryl methyl sites for hydroxylation is 6. The fourth-order valence-electron chi connectivity index (χ4n) is 8.01. The molecule has 0 unspecified atom stereocenters. The molecule has 54 heavy (non-hydrogen) atoms. The molecule has 4 nitrogen and oxygen atoms in total. The summed E-state index contributed by atoms with van der Waals surface area (Å²) in [7, 11) is 0. The van der Waals surface area contributed by atoms with Crippen molar-refractivity contribution in [3.63, 3.8) is 0 Å². The predicted molar refractivity (Wildman–Crippen MR) is 228 cm³/mol. The molecule has 0 aliphatic heterocycles.